The van der Waals surface area contributed by atoms with E-state index >= 15 is 0 Å². The molecule has 0 saturated heterocycles. The van der Waals surface area contributed by atoms with Crippen molar-refractivity contribution in [2.75, 3.05) is 0 Å². The molecule has 0 fully saturated rings. The third kappa shape index (κ3) is 1.52. The summed E-state index contributed by atoms with van der Waals surface area (Å²) in [7, 11) is 0. The van der Waals surface area contributed by atoms with Crippen LogP contribution in [0.15, 0.2) is 17.8 Å². The third-order valence-electron chi connectivity index (χ3n) is 0.499. The molecule has 0 atom stereocenters. The molecule has 0 rings (SSSR count). The zero-order valence-electron chi connectivity index (χ0n) is 3.81. The van der Waals surface area contributed by atoms with E-state index in [1.54, 1.807) is 13.0 Å². The van der Waals surface area contributed by atoms with Gasteiger partial charge in [-0.1, -0.05) is 6.58 Å². The van der Waals surface area contributed by atoms with Crippen LogP contribution in [0, 0.1) is 0 Å². The SMILES string of the molecule is C=C/C(C)=N\N. The van der Waals surface area contributed by atoms with Crippen LogP contribution in [0.25, 0.3) is 0 Å². The van der Waals surface area contributed by atoms with Crippen molar-refractivity contribution < 1.29 is 0 Å². The van der Waals surface area contributed by atoms with Gasteiger partial charge in [0.05, 0.1) is 5.71 Å². The van der Waals surface area contributed by atoms with Crippen molar-refractivity contribution >= 4 is 5.71 Å². The summed E-state index contributed by atoms with van der Waals surface area (Å²) in [5.41, 5.74) is 0.759. The fourth-order valence-corrected chi connectivity index (χ4v) is 0.0527. The summed E-state index contributed by atoms with van der Waals surface area (Å²) in [4.78, 5) is 0. The summed E-state index contributed by atoms with van der Waals surface area (Å²) in [6.07, 6.45) is 1.60. The van der Waals surface area contributed by atoms with Crippen LogP contribution in [0.3, 0.4) is 0 Å². The Morgan fingerprint density at radius 2 is 2.50 bits per heavy atom. The zero-order chi connectivity index (χ0) is 4.99. The van der Waals surface area contributed by atoms with Crippen molar-refractivity contribution in [1.29, 1.82) is 0 Å². The van der Waals surface area contributed by atoms with Gasteiger partial charge < -0.3 is 5.84 Å². The van der Waals surface area contributed by atoms with Crippen molar-refractivity contribution in [2.45, 2.75) is 6.92 Å². The summed E-state index contributed by atoms with van der Waals surface area (Å²) in [5.74, 6) is 4.80. The fraction of sp³-hybridized carbons (Fsp3) is 0.250. The standard InChI is InChI=1S/C4H8N2/c1-3-4(2)6-5/h3H,1,5H2,2H3/b6-4-. The van der Waals surface area contributed by atoms with Gasteiger partial charge in [-0.05, 0) is 13.0 Å². The van der Waals surface area contributed by atoms with Gasteiger partial charge >= 0.3 is 0 Å². The predicted molar refractivity (Wildman–Crippen MR) is 27.5 cm³/mol. The average molecular weight is 84.1 g/mol. The molecule has 0 aliphatic rings. The van der Waals surface area contributed by atoms with Crippen molar-refractivity contribution in [3.8, 4) is 0 Å². The Balaban J connectivity index is 3.50. The van der Waals surface area contributed by atoms with Crippen LogP contribution in [0.4, 0.5) is 0 Å². The van der Waals surface area contributed by atoms with Gasteiger partial charge in [0.15, 0.2) is 0 Å². The van der Waals surface area contributed by atoms with Gasteiger partial charge in [0.25, 0.3) is 0 Å². The zero-order valence-corrected chi connectivity index (χ0v) is 3.81. The highest BCUT2D eigenvalue weighted by molar-refractivity contribution is 5.91. The summed E-state index contributed by atoms with van der Waals surface area (Å²) in [6, 6.07) is 0. The monoisotopic (exact) mass is 84.1 g/mol. The van der Waals surface area contributed by atoms with Crippen LogP contribution >= 0.6 is 0 Å². The van der Waals surface area contributed by atoms with Gasteiger partial charge in [-0.3, -0.25) is 0 Å². The van der Waals surface area contributed by atoms with Crippen molar-refractivity contribution in [3.63, 3.8) is 0 Å². The first-order valence-corrected chi connectivity index (χ1v) is 1.68. The molecule has 0 aliphatic carbocycles. The van der Waals surface area contributed by atoms with Gasteiger partial charge in [-0.25, -0.2) is 0 Å². The van der Waals surface area contributed by atoms with Gasteiger partial charge in [0.1, 0.15) is 0 Å². The molecule has 0 aromatic carbocycles. The Morgan fingerprint density at radius 3 is 2.50 bits per heavy atom. The van der Waals surface area contributed by atoms with E-state index in [9.17, 15) is 0 Å². The van der Waals surface area contributed by atoms with E-state index in [4.69, 9.17) is 5.84 Å². The predicted octanol–water partition coefficient (Wildman–Crippen LogP) is 0.507. The lowest BCUT2D eigenvalue weighted by Gasteiger charge is -1.77. The molecule has 34 valence electrons. The quantitative estimate of drug-likeness (QED) is 0.280. The Bertz CT molecular complexity index is 73.6. The van der Waals surface area contributed by atoms with Crippen LogP contribution < -0.4 is 5.84 Å². The lowest BCUT2D eigenvalue weighted by molar-refractivity contribution is 1.24. The van der Waals surface area contributed by atoms with Gasteiger partial charge in [-0.15, -0.1) is 0 Å². The summed E-state index contributed by atoms with van der Waals surface area (Å²) in [5, 5.41) is 3.31. The molecule has 2 heteroatoms. The molecule has 2 N–H and O–H groups in total. The summed E-state index contributed by atoms with van der Waals surface area (Å²) >= 11 is 0. The molecule has 0 saturated carbocycles. The Morgan fingerprint density at radius 1 is 2.00 bits per heavy atom. The number of nitrogens with zero attached hydrogens (tertiary/aromatic N) is 1. The van der Waals surface area contributed by atoms with Crippen LogP contribution in [0.5, 0.6) is 0 Å². The number of allylic oxidation sites excluding steroid dienone is 1. The molecule has 0 aromatic rings. The van der Waals surface area contributed by atoms with Gasteiger partial charge in [0.2, 0.25) is 0 Å². The van der Waals surface area contributed by atoms with Gasteiger partial charge in [0, 0.05) is 0 Å². The maximum Gasteiger partial charge on any atom is 0.0563 e. The fourth-order valence-electron chi connectivity index (χ4n) is 0.0527. The Labute approximate surface area is 37.3 Å². The van der Waals surface area contributed by atoms with Crippen LogP contribution in [0.1, 0.15) is 6.92 Å². The largest absolute Gasteiger partial charge is 0.323 e. The highest BCUT2D eigenvalue weighted by Gasteiger charge is 1.69. The molecule has 0 unspecified atom stereocenters. The van der Waals surface area contributed by atoms with E-state index in [-0.39, 0.29) is 0 Å². The van der Waals surface area contributed by atoms with Crippen molar-refractivity contribution in [1.82, 2.24) is 0 Å². The second-order valence-corrected chi connectivity index (χ2v) is 0.975. The minimum Gasteiger partial charge on any atom is -0.323 e. The van der Waals surface area contributed by atoms with E-state index in [0.717, 1.165) is 5.71 Å². The lowest BCUT2D eigenvalue weighted by Crippen LogP contribution is -1.88. The number of hydrogen-bond donors (Lipinski definition) is 1. The van der Waals surface area contributed by atoms with Crippen molar-refractivity contribution in [2.24, 2.45) is 10.9 Å². The molecule has 0 spiro atoms. The first kappa shape index (κ1) is 5.21. The number of hydrogen-bond acceptors (Lipinski definition) is 2. The molecule has 0 radical (unpaired) electrons. The minimum atomic E-state index is 0.759. The molecule has 0 heterocycles. The summed E-state index contributed by atoms with van der Waals surface area (Å²) < 4.78 is 0. The molecule has 0 aromatic heterocycles. The molecule has 0 aliphatic heterocycles. The average Bonchev–Trinajstić information content (AvgIpc) is 1.65. The topological polar surface area (TPSA) is 38.4 Å². The normalized spacial score (nSPS) is 11.2. The molecule has 2 nitrogen and oxygen atoms in total. The first-order chi connectivity index (χ1) is 2.81. The maximum absolute atomic E-state index is 4.80. The lowest BCUT2D eigenvalue weighted by atomic mass is 10.4. The number of rotatable bonds is 1. The minimum absolute atomic E-state index is 0.759. The van der Waals surface area contributed by atoms with Crippen molar-refractivity contribution in [3.05, 3.63) is 12.7 Å². The van der Waals surface area contributed by atoms with Crippen LogP contribution in [-0.4, -0.2) is 5.71 Å². The maximum atomic E-state index is 4.80. The number of nitrogens with two attached hydrogens (primary N) is 1. The van der Waals surface area contributed by atoms with E-state index in [0.29, 0.717) is 0 Å². The van der Waals surface area contributed by atoms with Gasteiger partial charge in [-0.2, -0.15) is 5.10 Å². The molecule has 6 heavy (non-hydrogen) atoms. The molecule has 0 bridgehead atoms. The first-order valence-electron chi connectivity index (χ1n) is 1.68. The Hall–Kier alpha value is -0.790. The van der Waals surface area contributed by atoms with Crippen LogP contribution in [-0.2, 0) is 0 Å². The number of hydrazone groups is 1. The van der Waals surface area contributed by atoms with Crippen LogP contribution in [0.2, 0.25) is 0 Å². The highest BCUT2D eigenvalue weighted by atomic mass is 15.1. The second-order valence-electron chi connectivity index (χ2n) is 0.975. The van der Waals surface area contributed by atoms with E-state index in [1.807, 2.05) is 0 Å². The van der Waals surface area contributed by atoms with E-state index in [1.165, 1.54) is 0 Å². The van der Waals surface area contributed by atoms with E-state index < -0.39 is 0 Å². The smallest absolute Gasteiger partial charge is 0.0563 e. The second kappa shape index (κ2) is 2.45. The third-order valence-corrected chi connectivity index (χ3v) is 0.499. The Kier molecular flexibility index (Phi) is 2.13. The highest BCUT2D eigenvalue weighted by Crippen LogP contribution is 1.67. The van der Waals surface area contributed by atoms with E-state index in [2.05, 4.69) is 11.7 Å². The summed E-state index contributed by atoms with van der Waals surface area (Å²) in [6.45, 7) is 5.21. The molecular formula is C4H8N2. The molecule has 0 amide bonds. The molecular weight excluding hydrogens is 76.1 g/mol.